The van der Waals surface area contributed by atoms with Crippen LogP contribution in [0.15, 0.2) is 164 Å². The van der Waals surface area contributed by atoms with E-state index in [0.717, 1.165) is 11.4 Å². The molecule has 3 heteroatoms. The fourth-order valence-electron chi connectivity index (χ4n) is 5.75. The van der Waals surface area contributed by atoms with E-state index >= 15 is 0 Å². The van der Waals surface area contributed by atoms with Gasteiger partial charge in [0.2, 0.25) is 0 Å². The number of anilines is 3. The maximum atomic E-state index is 2.38. The molecule has 8 aromatic rings. The second kappa shape index (κ2) is 11.0. The minimum Gasteiger partial charge on any atom is -0.310 e. The molecule has 0 spiro atoms. The fourth-order valence-corrected chi connectivity index (χ4v) is 7.84. The Morgan fingerprint density at radius 1 is 0.372 bits per heavy atom. The van der Waals surface area contributed by atoms with Gasteiger partial charge in [0.05, 0.1) is 5.69 Å². The van der Waals surface area contributed by atoms with Crippen LogP contribution >= 0.6 is 22.7 Å². The topological polar surface area (TPSA) is 3.24 Å². The smallest absolute Gasteiger partial charge is 0.0540 e. The fraction of sp³-hybridized carbons (Fsp3) is 0. The van der Waals surface area contributed by atoms with E-state index in [1.165, 1.54) is 57.9 Å². The van der Waals surface area contributed by atoms with Gasteiger partial charge in [-0.25, -0.2) is 0 Å². The highest BCUT2D eigenvalue weighted by Gasteiger charge is 2.16. The maximum Gasteiger partial charge on any atom is 0.0540 e. The van der Waals surface area contributed by atoms with Crippen LogP contribution in [0, 0.1) is 0 Å². The Morgan fingerprint density at radius 3 is 1.63 bits per heavy atom. The highest BCUT2D eigenvalue weighted by atomic mass is 32.1. The molecular formula is C40H27NS2. The molecule has 2 heterocycles. The van der Waals surface area contributed by atoms with Gasteiger partial charge in [-0.2, -0.15) is 0 Å². The van der Waals surface area contributed by atoms with Gasteiger partial charge in [-0.1, -0.05) is 109 Å². The molecule has 0 radical (unpaired) electrons. The Morgan fingerprint density at radius 2 is 0.930 bits per heavy atom. The molecule has 2 aromatic heterocycles. The van der Waals surface area contributed by atoms with Crippen LogP contribution in [0.25, 0.3) is 52.2 Å². The minimum atomic E-state index is 1.13. The Balaban J connectivity index is 1.19. The van der Waals surface area contributed by atoms with E-state index < -0.39 is 0 Å². The molecule has 0 fully saturated rings. The first kappa shape index (κ1) is 25.7. The molecule has 0 atom stereocenters. The van der Waals surface area contributed by atoms with Gasteiger partial charge in [-0.05, 0) is 82.1 Å². The maximum absolute atomic E-state index is 2.38. The van der Waals surface area contributed by atoms with Crippen LogP contribution in [0.2, 0.25) is 0 Å². The lowest BCUT2D eigenvalue weighted by molar-refractivity contribution is 1.30. The van der Waals surface area contributed by atoms with E-state index in [1.807, 2.05) is 22.7 Å². The lowest BCUT2D eigenvalue weighted by atomic mass is 10.1. The molecule has 8 rings (SSSR count). The number of thiophene rings is 2. The number of benzene rings is 6. The van der Waals surface area contributed by atoms with Crippen LogP contribution in [0.5, 0.6) is 0 Å². The zero-order valence-corrected chi connectivity index (χ0v) is 25.0. The van der Waals surface area contributed by atoms with Crippen molar-refractivity contribution in [2.75, 3.05) is 4.90 Å². The van der Waals surface area contributed by atoms with Crippen molar-refractivity contribution in [1.29, 1.82) is 0 Å². The quantitative estimate of drug-likeness (QED) is 0.188. The molecule has 0 bridgehead atoms. The second-order valence-electron chi connectivity index (χ2n) is 10.6. The number of hydrogen-bond acceptors (Lipinski definition) is 3. The predicted octanol–water partition coefficient (Wildman–Crippen LogP) is 12.6. The summed E-state index contributed by atoms with van der Waals surface area (Å²) in [6, 6.07) is 59.2. The Labute approximate surface area is 259 Å². The van der Waals surface area contributed by atoms with E-state index in [-0.39, 0.29) is 0 Å². The van der Waals surface area contributed by atoms with Gasteiger partial charge < -0.3 is 4.90 Å². The van der Waals surface area contributed by atoms with Crippen LogP contribution in [0.4, 0.5) is 17.1 Å². The van der Waals surface area contributed by atoms with Crippen molar-refractivity contribution in [2.24, 2.45) is 0 Å². The summed E-state index contributed by atoms with van der Waals surface area (Å²) in [5, 5.41) is 3.76. The highest BCUT2D eigenvalue weighted by Crippen LogP contribution is 2.42. The molecule has 0 amide bonds. The average molecular weight is 586 g/mol. The SMILES string of the molecule is c1ccc(-c2ccc(-c3ccc(N(c4ccc(-c5cc6ccccc6s5)cc4)c4cccc5ccccc45)cc3)s2)cc1. The third-order valence-corrected chi connectivity index (χ3v) is 10.3. The molecule has 0 aliphatic rings. The first-order valence-electron chi connectivity index (χ1n) is 14.4. The zero-order valence-electron chi connectivity index (χ0n) is 23.4. The van der Waals surface area contributed by atoms with Crippen molar-refractivity contribution in [3.05, 3.63) is 164 Å². The van der Waals surface area contributed by atoms with Crippen LogP contribution in [0.3, 0.4) is 0 Å². The normalized spacial score (nSPS) is 11.3. The summed E-state index contributed by atoms with van der Waals surface area (Å²) < 4.78 is 1.32. The molecular weight excluding hydrogens is 559 g/mol. The monoisotopic (exact) mass is 585 g/mol. The van der Waals surface area contributed by atoms with Crippen molar-refractivity contribution in [3.8, 4) is 31.3 Å². The first-order chi connectivity index (χ1) is 21.3. The standard InChI is InChI=1S/C40H27NS2/c1-2-10-29(11-3-1)38-25-26-39(42-38)30-17-21-33(22-18-30)41(36-15-8-13-28-9-4-6-14-35(28)36)34-23-19-31(20-24-34)40-27-32-12-5-7-16-37(32)43-40/h1-27H. The predicted molar refractivity (Wildman–Crippen MR) is 188 cm³/mol. The third kappa shape index (κ3) is 4.93. The van der Waals surface area contributed by atoms with Crippen LogP contribution in [-0.2, 0) is 0 Å². The van der Waals surface area contributed by atoms with Gasteiger partial charge >= 0.3 is 0 Å². The van der Waals surface area contributed by atoms with E-state index in [0.29, 0.717) is 0 Å². The molecule has 0 aliphatic heterocycles. The summed E-state index contributed by atoms with van der Waals surface area (Å²) in [6.45, 7) is 0. The second-order valence-corrected chi connectivity index (χ2v) is 12.8. The van der Waals surface area contributed by atoms with Crippen molar-refractivity contribution in [2.45, 2.75) is 0 Å². The largest absolute Gasteiger partial charge is 0.310 e. The number of fused-ring (bicyclic) bond motifs is 2. The van der Waals surface area contributed by atoms with Crippen molar-refractivity contribution < 1.29 is 0 Å². The van der Waals surface area contributed by atoms with Crippen LogP contribution in [-0.4, -0.2) is 0 Å². The molecule has 0 saturated carbocycles. The van der Waals surface area contributed by atoms with E-state index in [9.17, 15) is 0 Å². The summed E-state index contributed by atoms with van der Waals surface area (Å²) in [4.78, 5) is 6.23. The molecule has 0 N–H and O–H groups in total. The molecule has 6 aromatic carbocycles. The Bertz CT molecular complexity index is 2130. The molecule has 0 saturated heterocycles. The van der Waals surface area contributed by atoms with Gasteiger partial charge in [0.25, 0.3) is 0 Å². The lowest BCUT2D eigenvalue weighted by Crippen LogP contribution is -2.10. The summed E-state index contributed by atoms with van der Waals surface area (Å²) in [7, 11) is 0. The van der Waals surface area contributed by atoms with Crippen molar-refractivity contribution in [1.82, 2.24) is 0 Å². The lowest BCUT2D eigenvalue weighted by Gasteiger charge is -2.27. The molecule has 204 valence electrons. The molecule has 0 aliphatic carbocycles. The molecule has 0 unspecified atom stereocenters. The van der Waals surface area contributed by atoms with Gasteiger partial charge in [0, 0.05) is 36.1 Å². The first-order valence-corrected chi connectivity index (χ1v) is 16.1. The van der Waals surface area contributed by atoms with E-state index in [1.54, 1.807) is 0 Å². The Kier molecular flexibility index (Phi) is 6.60. The van der Waals surface area contributed by atoms with Gasteiger partial charge in [-0.3, -0.25) is 0 Å². The minimum absolute atomic E-state index is 1.13. The van der Waals surface area contributed by atoms with E-state index in [4.69, 9.17) is 0 Å². The summed E-state index contributed by atoms with van der Waals surface area (Å²) in [5.74, 6) is 0. The van der Waals surface area contributed by atoms with Gasteiger partial charge in [-0.15, -0.1) is 22.7 Å². The number of hydrogen-bond donors (Lipinski definition) is 0. The summed E-state index contributed by atoms with van der Waals surface area (Å²) in [5.41, 5.74) is 7.17. The van der Waals surface area contributed by atoms with Gasteiger partial charge in [0.15, 0.2) is 0 Å². The summed E-state index contributed by atoms with van der Waals surface area (Å²) in [6.07, 6.45) is 0. The zero-order chi connectivity index (χ0) is 28.6. The summed E-state index contributed by atoms with van der Waals surface area (Å²) >= 11 is 3.68. The third-order valence-electron chi connectivity index (χ3n) is 7.92. The highest BCUT2D eigenvalue weighted by molar-refractivity contribution is 7.22. The number of rotatable bonds is 6. The Hall–Kier alpha value is -4.96. The molecule has 1 nitrogen and oxygen atoms in total. The van der Waals surface area contributed by atoms with Gasteiger partial charge in [0.1, 0.15) is 0 Å². The van der Waals surface area contributed by atoms with E-state index in [2.05, 4.69) is 169 Å². The molecule has 43 heavy (non-hydrogen) atoms. The number of nitrogens with zero attached hydrogens (tertiary/aromatic N) is 1. The average Bonchev–Trinajstić information content (AvgIpc) is 3.75. The van der Waals surface area contributed by atoms with Crippen LogP contribution < -0.4 is 4.90 Å². The van der Waals surface area contributed by atoms with Crippen molar-refractivity contribution >= 4 is 60.6 Å². The van der Waals surface area contributed by atoms with Crippen molar-refractivity contribution in [3.63, 3.8) is 0 Å². The van der Waals surface area contributed by atoms with Crippen LogP contribution in [0.1, 0.15) is 0 Å².